The van der Waals surface area contributed by atoms with Crippen LogP contribution in [0.15, 0.2) is 23.1 Å². The molecule has 0 N–H and O–H groups in total. The zero-order valence-corrected chi connectivity index (χ0v) is 10.2. The molecule has 88 valence electrons. The maximum Gasteiger partial charge on any atom is 0.318 e. The molecule has 1 atom stereocenters. The van der Waals surface area contributed by atoms with Crippen molar-refractivity contribution >= 4 is 29.1 Å². The summed E-state index contributed by atoms with van der Waals surface area (Å²) in [7, 11) is 0. The Morgan fingerprint density at radius 2 is 2.31 bits per heavy atom. The first kappa shape index (κ1) is 13.3. The van der Waals surface area contributed by atoms with Gasteiger partial charge in [-0.1, -0.05) is 13.0 Å². The van der Waals surface area contributed by atoms with Crippen molar-refractivity contribution < 1.29 is 9.31 Å². The van der Waals surface area contributed by atoms with E-state index in [4.69, 9.17) is 11.6 Å². The van der Waals surface area contributed by atoms with Gasteiger partial charge < -0.3 is 0 Å². The lowest BCUT2D eigenvalue weighted by Crippen LogP contribution is -2.00. The van der Waals surface area contributed by atoms with E-state index in [2.05, 4.69) is 0 Å². The Balaban J connectivity index is 2.95. The van der Waals surface area contributed by atoms with E-state index in [1.165, 1.54) is 17.8 Å². The van der Waals surface area contributed by atoms with Gasteiger partial charge in [-0.3, -0.25) is 10.1 Å². The number of para-hydroxylation sites is 1. The molecule has 0 aliphatic rings. The smallest absolute Gasteiger partial charge is 0.258 e. The zero-order valence-electron chi connectivity index (χ0n) is 8.65. The molecule has 1 unspecified atom stereocenters. The predicted molar refractivity (Wildman–Crippen MR) is 63.7 cm³/mol. The fraction of sp³-hybridized carbons (Fsp3) is 0.400. The van der Waals surface area contributed by atoms with Crippen LogP contribution in [0.4, 0.5) is 10.1 Å². The van der Waals surface area contributed by atoms with Gasteiger partial charge in [0.1, 0.15) is 0 Å². The molecule has 0 aromatic heterocycles. The van der Waals surface area contributed by atoms with Gasteiger partial charge in [0, 0.05) is 11.1 Å². The quantitative estimate of drug-likeness (QED) is 0.351. The first-order valence-electron chi connectivity index (χ1n) is 4.71. The van der Waals surface area contributed by atoms with E-state index in [9.17, 15) is 14.5 Å². The topological polar surface area (TPSA) is 43.1 Å². The lowest BCUT2D eigenvalue weighted by molar-refractivity contribution is -0.390. The second-order valence-electron chi connectivity index (χ2n) is 3.25. The molecule has 3 nitrogen and oxygen atoms in total. The number of nitro benzene ring substituents is 1. The summed E-state index contributed by atoms with van der Waals surface area (Å²) in [6, 6.07) is 4.11. The van der Waals surface area contributed by atoms with Crippen LogP contribution in [0.3, 0.4) is 0 Å². The fourth-order valence-electron chi connectivity index (χ4n) is 1.20. The third-order valence-corrected chi connectivity index (χ3v) is 3.42. The highest BCUT2D eigenvalue weighted by Gasteiger charge is 2.21. The van der Waals surface area contributed by atoms with Crippen molar-refractivity contribution in [3.63, 3.8) is 0 Å². The van der Waals surface area contributed by atoms with Crippen molar-refractivity contribution in [3.8, 4) is 0 Å². The van der Waals surface area contributed by atoms with E-state index in [1.54, 1.807) is 6.07 Å². The maximum atomic E-state index is 13.3. The highest BCUT2D eigenvalue weighted by atomic mass is 35.5. The second-order valence-corrected chi connectivity index (χ2v) is 5.11. The molecule has 1 aromatic carbocycles. The van der Waals surface area contributed by atoms with E-state index in [0.29, 0.717) is 10.8 Å². The van der Waals surface area contributed by atoms with Gasteiger partial charge in [-0.25, -0.2) is 0 Å². The number of hydrogen-bond donors (Lipinski definition) is 0. The Bertz CT molecular complexity index is 389. The van der Waals surface area contributed by atoms with E-state index in [-0.39, 0.29) is 5.25 Å². The minimum Gasteiger partial charge on any atom is -0.258 e. The van der Waals surface area contributed by atoms with Crippen molar-refractivity contribution in [1.29, 1.82) is 0 Å². The normalized spacial score (nSPS) is 12.4. The monoisotopic (exact) mass is 263 g/mol. The van der Waals surface area contributed by atoms with Crippen molar-refractivity contribution in [1.82, 2.24) is 0 Å². The summed E-state index contributed by atoms with van der Waals surface area (Å²) in [6.45, 7) is 1.90. The highest BCUT2D eigenvalue weighted by molar-refractivity contribution is 8.00. The van der Waals surface area contributed by atoms with Gasteiger partial charge in [0.15, 0.2) is 0 Å². The molecule has 0 spiro atoms. The first-order valence-corrected chi connectivity index (χ1v) is 6.13. The maximum absolute atomic E-state index is 13.3. The molecule has 0 fully saturated rings. The van der Waals surface area contributed by atoms with Gasteiger partial charge in [-0.05, 0) is 18.6 Å². The van der Waals surface area contributed by atoms with Gasteiger partial charge in [-0.15, -0.1) is 23.4 Å². The van der Waals surface area contributed by atoms with Gasteiger partial charge in [-0.2, -0.15) is 4.39 Å². The summed E-state index contributed by atoms with van der Waals surface area (Å²) in [6.07, 6.45) is 0.722. The van der Waals surface area contributed by atoms with Crippen LogP contribution in [0.25, 0.3) is 0 Å². The molecule has 0 heterocycles. The number of nitro groups is 1. The average Bonchev–Trinajstić information content (AvgIpc) is 2.17. The number of halogens is 2. The summed E-state index contributed by atoms with van der Waals surface area (Å²) in [5, 5.41) is 10.8. The summed E-state index contributed by atoms with van der Waals surface area (Å²) in [5.74, 6) is -0.315. The molecule has 0 saturated carbocycles. The molecule has 1 rings (SSSR count). The van der Waals surface area contributed by atoms with Crippen LogP contribution in [-0.4, -0.2) is 16.1 Å². The first-order chi connectivity index (χ1) is 7.56. The minimum absolute atomic E-state index is 0.123. The SMILES string of the molecule is CC(CCCl)Sc1cccc(F)c1[N+](=O)[O-]. The van der Waals surface area contributed by atoms with E-state index in [0.717, 1.165) is 12.5 Å². The molecular formula is C10H11ClFNO2S. The van der Waals surface area contributed by atoms with E-state index < -0.39 is 16.4 Å². The lowest BCUT2D eigenvalue weighted by Gasteiger charge is -2.09. The van der Waals surface area contributed by atoms with Crippen LogP contribution in [0.1, 0.15) is 13.3 Å². The number of alkyl halides is 1. The molecular weight excluding hydrogens is 253 g/mol. The van der Waals surface area contributed by atoms with Crippen molar-refractivity contribution in [3.05, 3.63) is 34.1 Å². The molecule has 0 aliphatic carbocycles. The van der Waals surface area contributed by atoms with Gasteiger partial charge in [0.2, 0.25) is 5.82 Å². The Morgan fingerprint density at radius 1 is 1.62 bits per heavy atom. The lowest BCUT2D eigenvalue weighted by atomic mass is 10.3. The molecule has 0 radical (unpaired) electrons. The second kappa shape index (κ2) is 6.06. The average molecular weight is 264 g/mol. The van der Waals surface area contributed by atoms with Crippen LogP contribution in [-0.2, 0) is 0 Å². The zero-order chi connectivity index (χ0) is 12.1. The van der Waals surface area contributed by atoms with Crippen LogP contribution in [0.2, 0.25) is 0 Å². The van der Waals surface area contributed by atoms with Crippen molar-refractivity contribution in [2.45, 2.75) is 23.5 Å². The Hall–Kier alpha value is -0.810. The fourth-order valence-corrected chi connectivity index (χ4v) is 2.76. The van der Waals surface area contributed by atoms with E-state index >= 15 is 0 Å². The van der Waals surface area contributed by atoms with Crippen LogP contribution in [0, 0.1) is 15.9 Å². The Labute approximate surface area is 102 Å². The van der Waals surface area contributed by atoms with Gasteiger partial charge in [0.05, 0.1) is 9.82 Å². The van der Waals surface area contributed by atoms with Crippen LogP contribution < -0.4 is 0 Å². The molecule has 0 saturated heterocycles. The number of thioether (sulfide) groups is 1. The van der Waals surface area contributed by atoms with Crippen molar-refractivity contribution in [2.24, 2.45) is 0 Å². The minimum atomic E-state index is -0.798. The molecule has 1 aromatic rings. The molecule has 6 heteroatoms. The third-order valence-electron chi connectivity index (χ3n) is 1.98. The van der Waals surface area contributed by atoms with Crippen LogP contribution >= 0.6 is 23.4 Å². The predicted octanol–water partition coefficient (Wildman–Crippen LogP) is 3.84. The van der Waals surface area contributed by atoms with Crippen LogP contribution in [0.5, 0.6) is 0 Å². The Morgan fingerprint density at radius 3 is 2.88 bits per heavy atom. The largest absolute Gasteiger partial charge is 0.318 e. The molecule has 0 aliphatic heterocycles. The third kappa shape index (κ3) is 3.35. The molecule has 0 amide bonds. The summed E-state index contributed by atoms with van der Waals surface area (Å²) < 4.78 is 13.3. The summed E-state index contributed by atoms with van der Waals surface area (Å²) >= 11 is 6.85. The summed E-state index contributed by atoms with van der Waals surface area (Å²) in [5.41, 5.74) is -0.450. The highest BCUT2D eigenvalue weighted by Crippen LogP contribution is 2.34. The van der Waals surface area contributed by atoms with Gasteiger partial charge >= 0.3 is 5.69 Å². The van der Waals surface area contributed by atoms with E-state index in [1.807, 2.05) is 6.92 Å². The van der Waals surface area contributed by atoms with Gasteiger partial charge in [0.25, 0.3) is 0 Å². The molecule has 0 bridgehead atoms. The number of hydrogen-bond acceptors (Lipinski definition) is 3. The summed E-state index contributed by atoms with van der Waals surface area (Å²) in [4.78, 5) is 10.4. The standard InChI is InChI=1S/C10H11ClFNO2S/c1-7(5-6-11)16-9-4-2-3-8(12)10(9)13(14)15/h2-4,7H,5-6H2,1H3. The number of rotatable bonds is 5. The molecule has 16 heavy (non-hydrogen) atoms. The number of benzene rings is 1. The number of nitrogens with zero attached hydrogens (tertiary/aromatic N) is 1. The Kier molecular flexibility index (Phi) is 5.02. The van der Waals surface area contributed by atoms with Crippen molar-refractivity contribution in [2.75, 3.05) is 5.88 Å².